The molecule has 0 spiro atoms. The van der Waals surface area contributed by atoms with Gasteiger partial charge in [0.1, 0.15) is 5.75 Å². The number of benzene rings is 1. The zero-order chi connectivity index (χ0) is 14.0. The molecule has 0 bridgehead atoms. The van der Waals surface area contributed by atoms with E-state index in [9.17, 15) is 4.79 Å². The minimum Gasteiger partial charge on any atom is -0.497 e. The van der Waals surface area contributed by atoms with Gasteiger partial charge in [-0.25, -0.2) is 0 Å². The molecule has 2 N–H and O–H groups in total. The molecule has 0 radical (unpaired) electrons. The highest BCUT2D eigenvalue weighted by Gasteiger charge is 2.15. The van der Waals surface area contributed by atoms with Crippen LogP contribution in [0, 0.1) is 6.92 Å². The van der Waals surface area contributed by atoms with Crippen LogP contribution in [0.15, 0.2) is 30.3 Å². The van der Waals surface area contributed by atoms with Crippen molar-refractivity contribution in [2.24, 2.45) is 5.73 Å². The molecule has 1 aromatic heterocycles. The van der Waals surface area contributed by atoms with E-state index < -0.39 is 0 Å². The van der Waals surface area contributed by atoms with E-state index in [4.69, 9.17) is 10.5 Å². The average Bonchev–Trinajstić information content (AvgIpc) is 2.76. The molecule has 0 atom stereocenters. The number of hydrogen-bond donors (Lipinski definition) is 1. The summed E-state index contributed by atoms with van der Waals surface area (Å²) in [5, 5.41) is 0. The minimum atomic E-state index is -0.389. The van der Waals surface area contributed by atoms with Crippen LogP contribution in [0.25, 0.3) is 11.3 Å². The summed E-state index contributed by atoms with van der Waals surface area (Å²) >= 11 is 0. The number of amides is 1. The van der Waals surface area contributed by atoms with Gasteiger partial charge >= 0.3 is 0 Å². The molecule has 1 aromatic carbocycles. The van der Waals surface area contributed by atoms with Crippen LogP contribution in [0.3, 0.4) is 0 Å². The van der Waals surface area contributed by atoms with Crippen LogP contribution < -0.4 is 10.5 Å². The van der Waals surface area contributed by atoms with Gasteiger partial charge in [0.2, 0.25) is 0 Å². The van der Waals surface area contributed by atoms with E-state index in [0.717, 1.165) is 29.2 Å². The zero-order valence-corrected chi connectivity index (χ0v) is 11.4. The number of carbonyl (C=O) groups excluding carboxylic acids is 1. The third-order valence-electron chi connectivity index (χ3n) is 3.33. The van der Waals surface area contributed by atoms with Crippen LogP contribution in [0.2, 0.25) is 0 Å². The number of aromatic nitrogens is 1. The fourth-order valence-corrected chi connectivity index (χ4v) is 2.30. The van der Waals surface area contributed by atoms with Crippen molar-refractivity contribution < 1.29 is 9.53 Å². The number of carbonyl (C=O) groups is 1. The summed E-state index contributed by atoms with van der Waals surface area (Å²) in [6.07, 6.45) is 0. The summed E-state index contributed by atoms with van der Waals surface area (Å²) in [5.41, 5.74) is 8.92. The number of methoxy groups -OCH3 is 1. The highest BCUT2D eigenvalue weighted by atomic mass is 16.5. The lowest BCUT2D eigenvalue weighted by molar-refractivity contribution is 0.0999. The van der Waals surface area contributed by atoms with Crippen molar-refractivity contribution in [1.82, 2.24) is 4.57 Å². The quantitative estimate of drug-likeness (QED) is 0.916. The van der Waals surface area contributed by atoms with Crippen LogP contribution >= 0.6 is 0 Å². The maximum atomic E-state index is 11.4. The molecule has 0 aliphatic rings. The molecule has 0 unspecified atom stereocenters. The van der Waals surface area contributed by atoms with Gasteiger partial charge in [0.25, 0.3) is 5.91 Å². The Morgan fingerprint density at radius 1 is 1.32 bits per heavy atom. The molecule has 2 rings (SSSR count). The molecule has 0 saturated carbocycles. The maximum absolute atomic E-state index is 11.4. The molecule has 0 aliphatic carbocycles. The zero-order valence-electron chi connectivity index (χ0n) is 11.4. The van der Waals surface area contributed by atoms with Gasteiger partial charge in [-0.3, -0.25) is 4.79 Å². The minimum absolute atomic E-state index is 0.389. The normalized spacial score (nSPS) is 10.5. The summed E-state index contributed by atoms with van der Waals surface area (Å²) < 4.78 is 7.23. The first-order valence-electron chi connectivity index (χ1n) is 6.22. The fraction of sp³-hybridized carbons (Fsp3) is 0.267. The number of hydrogen-bond acceptors (Lipinski definition) is 2. The molecule has 4 nitrogen and oxygen atoms in total. The molecule has 1 amide bonds. The first kappa shape index (κ1) is 13.2. The molecule has 4 heteroatoms. The number of primary amides is 1. The predicted octanol–water partition coefficient (Wildman–Crippen LogP) is 2.59. The van der Waals surface area contributed by atoms with E-state index in [0.29, 0.717) is 5.56 Å². The first-order chi connectivity index (χ1) is 9.08. The molecule has 2 aromatic rings. The Morgan fingerprint density at radius 3 is 2.42 bits per heavy atom. The van der Waals surface area contributed by atoms with E-state index in [2.05, 4.69) is 4.57 Å². The second-order valence-electron chi connectivity index (χ2n) is 4.37. The van der Waals surface area contributed by atoms with Crippen molar-refractivity contribution in [3.05, 3.63) is 41.6 Å². The van der Waals surface area contributed by atoms with Crippen molar-refractivity contribution in [3.8, 4) is 17.0 Å². The van der Waals surface area contributed by atoms with E-state index in [-0.39, 0.29) is 5.91 Å². The van der Waals surface area contributed by atoms with E-state index in [1.807, 2.05) is 44.2 Å². The molecular weight excluding hydrogens is 240 g/mol. The molecule has 0 fully saturated rings. The first-order valence-corrected chi connectivity index (χ1v) is 6.22. The van der Waals surface area contributed by atoms with Crippen molar-refractivity contribution in [2.45, 2.75) is 20.4 Å². The van der Waals surface area contributed by atoms with Gasteiger partial charge in [-0.1, -0.05) is 0 Å². The van der Waals surface area contributed by atoms with E-state index in [1.54, 1.807) is 7.11 Å². The van der Waals surface area contributed by atoms with Crippen LogP contribution in [-0.2, 0) is 6.54 Å². The lowest BCUT2D eigenvalue weighted by Gasteiger charge is -2.09. The van der Waals surface area contributed by atoms with Crippen molar-refractivity contribution >= 4 is 5.91 Å². The third kappa shape index (κ3) is 2.34. The van der Waals surface area contributed by atoms with Gasteiger partial charge in [0.15, 0.2) is 0 Å². The number of ether oxygens (including phenoxy) is 1. The Hall–Kier alpha value is -2.23. The van der Waals surface area contributed by atoms with Crippen LogP contribution in [0.1, 0.15) is 23.0 Å². The Morgan fingerprint density at radius 2 is 1.95 bits per heavy atom. The smallest absolute Gasteiger partial charge is 0.250 e. The maximum Gasteiger partial charge on any atom is 0.250 e. The molecular formula is C15H18N2O2. The molecule has 100 valence electrons. The van der Waals surface area contributed by atoms with Gasteiger partial charge in [-0.05, 0) is 49.7 Å². The van der Waals surface area contributed by atoms with Crippen LogP contribution in [-0.4, -0.2) is 17.6 Å². The Labute approximate surface area is 112 Å². The largest absolute Gasteiger partial charge is 0.497 e. The highest BCUT2D eigenvalue weighted by molar-refractivity contribution is 5.95. The topological polar surface area (TPSA) is 57.2 Å². The lowest BCUT2D eigenvalue weighted by atomic mass is 10.1. The van der Waals surface area contributed by atoms with Gasteiger partial charge in [0, 0.05) is 17.9 Å². The molecule has 1 heterocycles. The Balaban J connectivity index is 2.54. The molecule has 19 heavy (non-hydrogen) atoms. The molecule has 0 saturated heterocycles. The number of rotatable bonds is 4. The van der Waals surface area contributed by atoms with Crippen LogP contribution in [0.4, 0.5) is 0 Å². The van der Waals surface area contributed by atoms with E-state index >= 15 is 0 Å². The summed E-state index contributed by atoms with van der Waals surface area (Å²) in [5.74, 6) is 0.421. The van der Waals surface area contributed by atoms with E-state index in [1.165, 1.54) is 0 Å². The monoisotopic (exact) mass is 258 g/mol. The fourth-order valence-electron chi connectivity index (χ4n) is 2.30. The van der Waals surface area contributed by atoms with Crippen molar-refractivity contribution in [2.75, 3.05) is 7.11 Å². The van der Waals surface area contributed by atoms with Crippen molar-refractivity contribution in [3.63, 3.8) is 0 Å². The second-order valence-corrected chi connectivity index (χ2v) is 4.37. The van der Waals surface area contributed by atoms with Gasteiger partial charge in [-0.15, -0.1) is 0 Å². The van der Waals surface area contributed by atoms with Crippen molar-refractivity contribution in [1.29, 1.82) is 0 Å². The third-order valence-corrected chi connectivity index (χ3v) is 3.33. The van der Waals surface area contributed by atoms with Crippen LogP contribution in [0.5, 0.6) is 5.75 Å². The lowest BCUT2D eigenvalue weighted by Crippen LogP contribution is -2.12. The van der Waals surface area contributed by atoms with Gasteiger partial charge in [-0.2, -0.15) is 0 Å². The predicted molar refractivity (Wildman–Crippen MR) is 75.3 cm³/mol. The Kier molecular flexibility index (Phi) is 3.60. The highest BCUT2D eigenvalue weighted by Crippen LogP contribution is 2.27. The SMILES string of the molecule is CCn1c(-c2ccc(OC)cc2)cc(C(N)=O)c1C. The standard InChI is InChI=1S/C15H18N2O2/c1-4-17-10(2)13(15(16)18)9-14(17)11-5-7-12(19-3)8-6-11/h5-9H,4H2,1-3H3,(H2,16,18). The summed E-state index contributed by atoms with van der Waals surface area (Å²) in [7, 11) is 1.64. The Bertz CT molecular complexity index is 597. The summed E-state index contributed by atoms with van der Waals surface area (Å²) in [6.45, 7) is 4.75. The van der Waals surface area contributed by atoms with Gasteiger partial charge < -0.3 is 15.0 Å². The average molecular weight is 258 g/mol. The molecule has 0 aliphatic heterocycles. The number of nitrogens with two attached hydrogens (primary N) is 1. The second kappa shape index (κ2) is 5.18. The number of nitrogens with zero attached hydrogens (tertiary/aromatic N) is 1. The van der Waals surface area contributed by atoms with Gasteiger partial charge in [0.05, 0.1) is 12.7 Å². The summed E-state index contributed by atoms with van der Waals surface area (Å²) in [6, 6.07) is 9.61. The summed E-state index contributed by atoms with van der Waals surface area (Å²) in [4.78, 5) is 11.4.